The van der Waals surface area contributed by atoms with E-state index in [0.717, 1.165) is 12.3 Å². The normalized spacial score (nSPS) is 11.9. The third-order valence-electron chi connectivity index (χ3n) is 3.04. The predicted molar refractivity (Wildman–Crippen MR) is 86.1 cm³/mol. The van der Waals surface area contributed by atoms with E-state index in [1.54, 1.807) is 6.92 Å². The average molecular weight is 391 g/mol. The maximum absolute atomic E-state index is 13.0. The third kappa shape index (κ3) is 3.80. The second-order valence-electron chi connectivity index (χ2n) is 4.69. The molecule has 0 fully saturated rings. The Morgan fingerprint density at radius 1 is 1.24 bits per heavy atom. The van der Waals surface area contributed by atoms with E-state index in [9.17, 15) is 13.2 Å². The number of fused-ring (bicyclic) bond motifs is 1. The molecule has 25 heavy (non-hydrogen) atoms. The van der Waals surface area contributed by atoms with Crippen LogP contribution in [-0.2, 0) is 10.4 Å². The Morgan fingerprint density at radius 2 is 2.04 bits per heavy atom. The van der Waals surface area contributed by atoms with Crippen molar-refractivity contribution < 1.29 is 21.5 Å². The maximum Gasteiger partial charge on any atom is 0.417 e. The fourth-order valence-electron chi connectivity index (χ4n) is 1.98. The Hall–Kier alpha value is -2.04. The zero-order valence-corrected chi connectivity index (χ0v) is 14.2. The van der Waals surface area contributed by atoms with Crippen LogP contribution < -0.4 is 4.18 Å². The number of hydrogen-bond donors (Lipinski definition) is 0. The van der Waals surface area contributed by atoms with Crippen molar-refractivity contribution in [1.29, 1.82) is 0 Å². The van der Waals surface area contributed by atoms with E-state index < -0.39 is 11.7 Å². The van der Waals surface area contributed by atoms with E-state index >= 15 is 0 Å². The molecule has 0 aliphatic carbocycles. The van der Waals surface area contributed by atoms with E-state index in [2.05, 4.69) is 15.0 Å². The van der Waals surface area contributed by atoms with Gasteiger partial charge in [-0.25, -0.2) is 15.0 Å². The molecule has 0 saturated heterocycles. The molecule has 3 aromatic rings. The van der Waals surface area contributed by atoms with Gasteiger partial charge in [0.1, 0.15) is 16.5 Å². The number of alkyl halides is 3. The van der Waals surface area contributed by atoms with Crippen molar-refractivity contribution in [2.45, 2.75) is 13.1 Å². The Balaban J connectivity index is 2.14. The lowest BCUT2D eigenvalue weighted by Crippen LogP contribution is -2.06. The van der Waals surface area contributed by atoms with Gasteiger partial charge in [0, 0.05) is 6.20 Å². The monoisotopic (exact) mass is 390 g/mol. The first-order valence-corrected chi connectivity index (χ1v) is 7.98. The van der Waals surface area contributed by atoms with Gasteiger partial charge < -0.3 is 4.18 Å². The summed E-state index contributed by atoms with van der Waals surface area (Å²) in [6, 6.07) is 2.19. The molecule has 0 bridgehead atoms. The van der Waals surface area contributed by atoms with Gasteiger partial charge in [-0.15, -0.1) is 0 Å². The summed E-state index contributed by atoms with van der Waals surface area (Å²) in [7, 11) is 0. The summed E-state index contributed by atoms with van der Waals surface area (Å²) >= 11 is 6.35. The molecule has 0 amide bonds. The van der Waals surface area contributed by atoms with Gasteiger partial charge in [-0.2, -0.15) is 13.2 Å². The van der Waals surface area contributed by atoms with E-state index in [1.807, 2.05) is 0 Å². The minimum atomic E-state index is -4.50. The zero-order chi connectivity index (χ0) is 18.0. The highest BCUT2D eigenvalue weighted by Gasteiger charge is 2.31. The summed E-state index contributed by atoms with van der Waals surface area (Å²) < 4.78 is 50.6. The van der Waals surface area contributed by atoms with Gasteiger partial charge in [0.05, 0.1) is 24.6 Å². The molecule has 3 aromatic heterocycles. The van der Waals surface area contributed by atoms with Crippen molar-refractivity contribution in [3.05, 3.63) is 41.4 Å². The van der Waals surface area contributed by atoms with Crippen LogP contribution in [0.5, 0.6) is 5.88 Å². The van der Waals surface area contributed by atoms with Gasteiger partial charge in [-0.1, -0.05) is 11.6 Å². The number of aromatic nitrogens is 4. The van der Waals surface area contributed by atoms with Crippen LogP contribution in [0.15, 0.2) is 30.7 Å². The van der Waals surface area contributed by atoms with Crippen molar-refractivity contribution in [3.8, 4) is 17.3 Å². The topological polar surface area (TPSA) is 61.5 Å². The van der Waals surface area contributed by atoms with Crippen LogP contribution in [0.25, 0.3) is 17.0 Å². The van der Waals surface area contributed by atoms with E-state index in [4.69, 9.17) is 20.0 Å². The first-order chi connectivity index (χ1) is 11.9. The van der Waals surface area contributed by atoms with Crippen LogP contribution in [0, 0.1) is 0 Å². The molecule has 0 radical (unpaired) electrons. The van der Waals surface area contributed by atoms with Gasteiger partial charge >= 0.3 is 6.18 Å². The second-order valence-corrected chi connectivity index (χ2v) is 5.62. The Bertz CT molecular complexity index is 886. The highest BCUT2D eigenvalue weighted by atomic mass is 35.5. The third-order valence-corrected chi connectivity index (χ3v) is 3.80. The fraction of sp³-hybridized carbons (Fsp3) is 0.214. The highest BCUT2D eigenvalue weighted by Crippen LogP contribution is 2.35. The van der Waals surface area contributed by atoms with E-state index in [-0.39, 0.29) is 22.4 Å². The summed E-state index contributed by atoms with van der Waals surface area (Å²) in [5, 5.41) is 0.179. The Labute approximate surface area is 149 Å². The molecule has 11 heteroatoms. The summed E-state index contributed by atoms with van der Waals surface area (Å²) in [5.41, 5.74) is -0.0614. The number of imidazole rings is 1. The molecular formula is C14H10ClF3N4O2S. The summed E-state index contributed by atoms with van der Waals surface area (Å²) in [6.07, 6.45) is -0.936. The van der Waals surface area contributed by atoms with Crippen LogP contribution >= 0.6 is 23.9 Å². The molecular weight excluding hydrogens is 381 g/mol. The van der Waals surface area contributed by atoms with Gasteiger partial charge in [0.15, 0.2) is 5.69 Å². The number of pyridine rings is 1. The molecule has 0 N–H and O–H groups in total. The highest BCUT2D eigenvalue weighted by molar-refractivity contribution is 7.90. The molecule has 132 valence electrons. The van der Waals surface area contributed by atoms with Gasteiger partial charge in [-0.3, -0.25) is 8.58 Å². The van der Waals surface area contributed by atoms with Crippen LogP contribution in [0.1, 0.15) is 12.5 Å². The van der Waals surface area contributed by atoms with Crippen molar-refractivity contribution >= 4 is 29.6 Å². The molecule has 3 rings (SSSR count). The van der Waals surface area contributed by atoms with Crippen LogP contribution in [0.2, 0.25) is 5.15 Å². The van der Waals surface area contributed by atoms with Crippen molar-refractivity contribution in [1.82, 2.24) is 19.4 Å². The maximum atomic E-state index is 13.0. The lowest BCUT2D eigenvalue weighted by Gasteiger charge is -2.08. The predicted octanol–water partition coefficient (Wildman–Crippen LogP) is 4.44. The zero-order valence-electron chi connectivity index (χ0n) is 12.6. The van der Waals surface area contributed by atoms with E-state index in [0.29, 0.717) is 24.6 Å². The van der Waals surface area contributed by atoms with Crippen LogP contribution in [0.3, 0.4) is 0 Å². The summed E-state index contributed by atoms with van der Waals surface area (Å²) in [6.45, 7) is 2.10. The average Bonchev–Trinajstić information content (AvgIpc) is 2.93. The van der Waals surface area contributed by atoms with E-state index in [1.165, 1.54) is 22.9 Å². The Kier molecular flexibility index (Phi) is 5.02. The fourth-order valence-corrected chi connectivity index (χ4v) is 2.44. The molecule has 0 aliphatic heterocycles. The number of halogens is 4. The smallest absolute Gasteiger partial charge is 0.379 e. The molecule has 0 unspecified atom stereocenters. The van der Waals surface area contributed by atoms with Crippen LogP contribution in [-0.4, -0.2) is 26.0 Å². The number of hydrogen-bond acceptors (Lipinski definition) is 6. The lowest BCUT2D eigenvalue weighted by molar-refractivity contribution is -0.137. The second kappa shape index (κ2) is 7.06. The summed E-state index contributed by atoms with van der Waals surface area (Å²) in [4.78, 5) is 12.3. The summed E-state index contributed by atoms with van der Waals surface area (Å²) in [5.74, 6) is 0.0381. The standard InChI is InChI=1S/C14H10ClF3N4O2S/c1-2-23-25-24-13-12(9-5-20-10(15)6-19-9)21-11-4-3-8(7-22(11)13)14(16,17)18/h3-7H,2H2,1H3. The molecule has 0 saturated carbocycles. The molecule has 0 aliphatic rings. The minimum Gasteiger partial charge on any atom is -0.379 e. The lowest BCUT2D eigenvalue weighted by atomic mass is 10.3. The largest absolute Gasteiger partial charge is 0.417 e. The Morgan fingerprint density at radius 3 is 2.68 bits per heavy atom. The van der Waals surface area contributed by atoms with Gasteiger partial charge in [0.2, 0.25) is 18.2 Å². The quantitative estimate of drug-likeness (QED) is 0.474. The molecule has 3 heterocycles. The molecule has 0 atom stereocenters. The molecule has 0 spiro atoms. The van der Waals surface area contributed by atoms with Gasteiger partial charge in [-0.05, 0) is 19.1 Å². The molecule has 0 aromatic carbocycles. The first kappa shape index (κ1) is 17.8. The van der Waals surface area contributed by atoms with Crippen molar-refractivity contribution in [2.24, 2.45) is 0 Å². The minimum absolute atomic E-state index is 0.0381. The number of nitrogens with zero attached hydrogens (tertiary/aromatic N) is 4. The molecule has 6 nitrogen and oxygen atoms in total. The van der Waals surface area contributed by atoms with Crippen molar-refractivity contribution in [3.63, 3.8) is 0 Å². The number of rotatable bonds is 5. The van der Waals surface area contributed by atoms with Gasteiger partial charge in [0.25, 0.3) is 0 Å². The SMILES string of the molecule is CCOSOc1c(-c2cnc(Cl)cn2)nc2ccc(C(F)(F)F)cn12. The van der Waals surface area contributed by atoms with Crippen LogP contribution in [0.4, 0.5) is 13.2 Å². The first-order valence-electron chi connectivity index (χ1n) is 6.93. The van der Waals surface area contributed by atoms with Crippen molar-refractivity contribution in [2.75, 3.05) is 6.61 Å².